The minimum Gasteiger partial charge on any atom is -0.378 e. The van der Waals surface area contributed by atoms with Crippen molar-refractivity contribution in [1.82, 2.24) is 0 Å². The van der Waals surface area contributed by atoms with Crippen LogP contribution in [0.4, 0.5) is 0 Å². The highest BCUT2D eigenvalue weighted by atomic mass is 32.2. The predicted octanol–water partition coefficient (Wildman–Crippen LogP) is 10.6. The van der Waals surface area contributed by atoms with Crippen molar-refractivity contribution in [2.45, 2.75) is 105 Å². The van der Waals surface area contributed by atoms with E-state index in [1.54, 1.807) is 0 Å². The third-order valence-corrected chi connectivity index (χ3v) is 11.0. The lowest BCUT2D eigenvalue weighted by atomic mass is 9.80. The molecule has 0 fully saturated rings. The fourth-order valence-electron chi connectivity index (χ4n) is 7.02. The number of hydrogen-bond donors (Lipinski definition) is 0. The molecule has 2 aliphatic carbocycles. The number of fused-ring (bicyclic) bond motifs is 5. The molecule has 0 aromatic heterocycles. The Labute approximate surface area is 263 Å². The van der Waals surface area contributed by atoms with E-state index in [0.29, 0.717) is 10.7 Å². The average Bonchev–Trinajstić information content (AvgIpc) is 3.36. The first-order chi connectivity index (χ1) is 20.1. The Balaban J connectivity index is 1.66. The summed E-state index contributed by atoms with van der Waals surface area (Å²) in [7, 11) is -4.12. The van der Waals surface area contributed by atoms with Gasteiger partial charge in [-0.15, -0.1) is 0 Å². The Morgan fingerprint density at radius 1 is 0.455 bits per heavy atom. The Morgan fingerprint density at radius 3 is 1.20 bits per heavy atom. The zero-order valence-corrected chi connectivity index (χ0v) is 29.1. The van der Waals surface area contributed by atoms with Crippen LogP contribution >= 0.6 is 0 Å². The molecule has 44 heavy (non-hydrogen) atoms. The monoisotopic (exact) mass is 604 g/mol. The van der Waals surface area contributed by atoms with Gasteiger partial charge in [0.2, 0.25) is 0 Å². The van der Waals surface area contributed by atoms with Gasteiger partial charge in [-0.25, -0.2) is 0 Å². The number of allylic oxidation sites excluding steroid dienone is 2. The SMILES string of the molecule is CC(C)(C)c1cc2c3c(cc(C(C)(C)C)cc3c1)C1=C2OS(=O)(=O)C2=C1c1cc(C(C)(C)C)cc3cc(C(C)(C)C)cc2c13. The lowest BCUT2D eigenvalue weighted by Gasteiger charge is -2.24. The standard InChI is InChI=1S/C40H44O3S/c1-37(2,3)23-13-21-14-25(39(7,8)9)19-29-31(21)27(17-23)33-34-28-18-24(38(4,5)6)15-22-16-26(40(10,11)12)20-30(32(22)28)36(34)44(41,42)43-35(29)33/h13-20H,1-12H3. The summed E-state index contributed by atoms with van der Waals surface area (Å²) in [5.74, 6) is 0.471. The Morgan fingerprint density at radius 2 is 0.795 bits per heavy atom. The maximum atomic E-state index is 14.4. The van der Waals surface area contributed by atoms with Crippen LogP contribution in [0.25, 0.3) is 43.4 Å². The smallest absolute Gasteiger partial charge is 0.340 e. The lowest BCUT2D eigenvalue weighted by Crippen LogP contribution is -2.15. The molecule has 0 atom stereocenters. The molecule has 1 aliphatic heterocycles. The minimum atomic E-state index is -4.12. The summed E-state index contributed by atoms with van der Waals surface area (Å²) >= 11 is 0. The van der Waals surface area contributed by atoms with E-state index in [0.717, 1.165) is 66.1 Å². The van der Waals surface area contributed by atoms with Crippen LogP contribution < -0.4 is 0 Å². The van der Waals surface area contributed by atoms with E-state index in [9.17, 15) is 8.42 Å². The summed E-state index contributed by atoms with van der Waals surface area (Å²) in [6, 6.07) is 17.9. The maximum Gasteiger partial charge on any atom is 0.340 e. The molecule has 1 heterocycles. The molecule has 0 spiro atoms. The Kier molecular flexibility index (Phi) is 5.64. The molecule has 228 valence electrons. The molecule has 4 aromatic rings. The highest BCUT2D eigenvalue weighted by Gasteiger charge is 2.46. The van der Waals surface area contributed by atoms with Crippen LogP contribution in [0.5, 0.6) is 0 Å². The first-order valence-electron chi connectivity index (χ1n) is 15.8. The highest BCUT2D eigenvalue weighted by Crippen LogP contribution is 2.61. The molecule has 4 aromatic carbocycles. The van der Waals surface area contributed by atoms with E-state index in [1.807, 2.05) is 0 Å². The third kappa shape index (κ3) is 4.09. The number of benzene rings is 4. The molecule has 3 nitrogen and oxygen atoms in total. The highest BCUT2D eigenvalue weighted by molar-refractivity contribution is 7.97. The second-order valence-corrected chi connectivity index (χ2v) is 18.7. The molecular weight excluding hydrogens is 561 g/mol. The summed E-state index contributed by atoms with van der Waals surface area (Å²) in [6.45, 7) is 26.5. The van der Waals surface area contributed by atoms with E-state index < -0.39 is 10.1 Å². The van der Waals surface area contributed by atoms with Crippen molar-refractivity contribution in [3.63, 3.8) is 0 Å². The summed E-state index contributed by atoms with van der Waals surface area (Å²) < 4.78 is 35.1. The molecule has 0 radical (unpaired) electrons. The average molecular weight is 605 g/mol. The second-order valence-electron chi connectivity index (χ2n) is 17.2. The van der Waals surface area contributed by atoms with Gasteiger partial charge in [-0.2, -0.15) is 8.42 Å². The van der Waals surface area contributed by atoms with Crippen LogP contribution in [-0.2, 0) is 36.0 Å². The minimum absolute atomic E-state index is 0.0929. The third-order valence-electron chi connectivity index (χ3n) is 9.74. The maximum absolute atomic E-state index is 14.4. The normalized spacial score (nSPS) is 17.5. The molecular formula is C40H44O3S. The Bertz CT molecular complexity index is 2150. The van der Waals surface area contributed by atoms with Crippen molar-refractivity contribution in [2.24, 2.45) is 0 Å². The van der Waals surface area contributed by atoms with E-state index in [2.05, 4.69) is 132 Å². The van der Waals surface area contributed by atoms with Crippen molar-refractivity contribution in [1.29, 1.82) is 0 Å². The topological polar surface area (TPSA) is 43.4 Å². The van der Waals surface area contributed by atoms with E-state index in [4.69, 9.17) is 4.18 Å². The van der Waals surface area contributed by atoms with Gasteiger partial charge in [-0.3, -0.25) is 0 Å². The molecule has 7 rings (SSSR count). The van der Waals surface area contributed by atoms with Gasteiger partial charge in [0.15, 0.2) is 5.76 Å². The summed E-state index contributed by atoms with van der Waals surface area (Å²) in [6.07, 6.45) is 0. The van der Waals surface area contributed by atoms with Crippen LogP contribution in [0, 0.1) is 0 Å². The lowest BCUT2D eigenvalue weighted by molar-refractivity contribution is 0.476. The summed E-state index contributed by atoms with van der Waals surface area (Å²) in [5.41, 5.74) is 9.61. The van der Waals surface area contributed by atoms with Gasteiger partial charge in [0.1, 0.15) is 4.91 Å². The van der Waals surface area contributed by atoms with Gasteiger partial charge in [0.05, 0.1) is 0 Å². The van der Waals surface area contributed by atoms with Crippen LogP contribution in [0.3, 0.4) is 0 Å². The number of hydrogen-bond acceptors (Lipinski definition) is 3. The van der Waals surface area contributed by atoms with Crippen molar-refractivity contribution < 1.29 is 12.6 Å². The van der Waals surface area contributed by atoms with Crippen molar-refractivity contribution in [3.8, 4) is 0 Å². The van der Waals surface area contributed by atoms with Gasteiger partial charge in [0.25, 0.3) is 0 Å². The molecule has 0 bridgehead atoms. The summed E-state index contributed by atoms with van der Waals surface area (Å²) in [5, 5.41) is 4.30. The first-order valence-corrected chi connectivity index (χ1v) is 17.2. The van der Waals surface area contributed by atoms with E-state index in [-0.39, 0.29) is 21.7 Å². The van der Waals surface area contributed by atoms with Crippen molar-refractivity contribution in [2.75, 3.05) is 0 Å². The van der Waals surface area contributed by atoms with Crippen LogP contribution in [0.15, 0.2) is 48.5 Å². The Hall–Kier alpha value is -3.37. The molecule has 0 amide bonds. The molecule has 0 saturated heterocycles. The summed E-state index contributed by atoms with van der Waals surface area (Å²) in [4.78, 5) is 0.312. The van der Waals surface area contributed by atoms with Gasteiger partial charge >= 0.3 is 10.1 Å². The van der Waals surface area contributed by atoms with Crippen molar-refractivity contribution >= 4 is 53.5 Å². The van der Waals surface area contributed by atoms with Crippen LogP contribution in [0.1, 0.15) is 128 Å². The molecule has 4 heteroatoms. The quantitative estimate of drug-likeness (QED) is 0.188. The molecule has 0 N–H and O–H groups in total. The number of rotatable bonds is 0. The fourth-order valence-corrected chi connectivity index (χ4v) is 8.39. The molecule has 0 saturated carbocycles. The van der Waals surface area contributed by atoms with Gasteiger partial charge < -0.3 is 4.18 Å². The van der Waals surface area contributed by atoms with Crippen LogP contribution in [0.2, 0.25) is 0 Å². The zero-order valence-electron chi connectivity index (χ0n) is 28.3. The van der Waals surface area contributed by atoms with E-state index >= 15 is 0 Å². The van der Waals surface area contributed by atoms with Gasteiger partial charge in [-0.05, 0) is 95.5 Å². The molecule has 0 unspecified atom stereocenters. The van der Waals surface area contributed by atoms with Crippen molar-refractivity contribution in [3.05, 3.63) is 93.0 Å². The van der Waals surface area contributed by atoms with Gasteiger partial charge in [0, 0.05) is 27.7 Å². The largest absolute Gasteiger partial charge is 0.378 e. The first kappa shape index (κ1) is 29.3. The molecule has 3 aliphatic rings. The van der Waals surface area contributed by atoms with Crippen LogP contribution in [-0.4, -0.2) is 8.42 Å². The zero-order chi connectivity index (χ0) is 32.1. The predicted molar refractivity (Wildman–Crippen MR) is 186 cm³/mol. The van der Waals surface area contributed by atoms with Gasteiger partial charge in [-0.1, -0.05) is 107 Å². The second kappa shape index (κ2) is 8.46. The van der Waals surface area contributed by atoms with E-state index in [1.165, 1.54) is 11.1 Å². The fraction of sp³-hybridized carbons (Fsp3) is 0.400.